The number of amides is 1. The number of esters is 1. The van der Waals surface area contributed by atoms with Crippen LogP contribution in [-0.4, -0.2) is 18.5 Å². The summed E-state index contributed by atoms with van der Waals surface area (Å²) < 4.78 is 10.4. The average molecular weight is 408 g/mol. The van der Waals surface area contributed by atoms with E-state index in [-0.39, 0.29) is 24.3 Å². The molecule has 2 aromatic rings. The summed E-state index contributed by atoms with van der Waals surface area (Å²) in [4.78, 5) is 23.7. The lowest BCUT2D eigenvalue weighted by Crippen LogP contribution is -2.31. The van der Waals surface area contributed by atoms with Crippen molar-refractivity contribution in [1.29, 1.82) is 0 Å². The van der Waals surface area contributed by atoms with Gasteiger partial charge in [0, 0.05) is 0 Å². The van der Waals surface area contributed by atoms with Gasteiger partial charge in [-0.3, -0.25) is 4.79 Å². The number of ether oxygens (including phenoxy) is 1. The quantitative estimate of drug-likeness (QED) is 0.695. The largest absolute Gasteiger partial charge is 0.450 e. The SMILES string of the molecule is CC(C)Cc1ccc([C@@H](C)NC(=O)COC(=O)c2ccc(Br)o2)cc1. The topological polar surface area (TPSA) is 68.5 Å². The molecule has 134 valence electrons. The van der Waals surface area contributed by atoms with E-state index in [0.717, 1.165) is 12.0 Å². The molecule has 0 radical (unpaired) electrons. The number of furan rings is 1. The minimum atomic E-state index is -0.674. The number of carbonyl (C=O) groups is 2. The van der Waals surface area contributed by atoms with E-state index in [4.69, 9.17) is 9.15 Å². The molecule has 1 amide bonds. The summed E-state index contributed by atoms with van der Waals surface area (Å²) >= 11 is 3.10. The summed E-state index contributed by atoms with van der Waals surface area (Å²) in [5.41, 5.74) is 2.28. The van der Waals surface area contributed by atoms with Crippen LogP contribution in [0.15, 0.2) is 45.5 Å². The smallest absolute Gasteiger partial charge is 0.374 e. The Morgan fingerprint density at radius 3 is 2.36 bits per heavy atom. The number of hydrogen-bond acceptors (Lipinski definition) is 4. The first-order chi connectivity index (χ1) is 11.8. The summed E-state index contributed by atoms with van der Waals surface area (Å²) in [6.07, 6.45) is 1.03. The Bertz CT molecular complexity index is 721. The predicted molar refractivity (Wildman–Crippen MR) is 98.2 cm³/mol. The molecule has 6 heteroatoms. The summed E-state index contributed by atoms with van der Waals surface area (Å²) in [6, 6.07) is 11.1. The van der Waals surface area contributed by atoms with Crippen LogP contribution in [0.3, 0.4) is 0 Å². The zero-order valence-electron chi connectivity index (χ0n) is 14.5. The molecular formula is C19H22BrNO4. The minimum absolute atomic E-state index is 0.0495. The molecule has 0 aliphatic rings. The molecule has 0 aliphatic heterocycles. The van der Waals surface area contributed by atoms with Crippen molar-refractivity contribution >= 4 is 27.8 Å². The molecule has 25 heavy (non-hydrogen) atoms. The van der Waals surface area contributed by atoms with Crippen molar-refractivity contribution < 1.29 is 18.7 Å². The minimum Gasteiger partial charge on any atom is -0.450 e. The van der Waals surface area contributed by atoms with Crippen LogP contribution >= 0.6 is 15.9 Å². The van der Waals surface area contributed by atoms with E-state index in [1.807, 2.05) is 19.1 Å². The fourth-order valence-corrected chi connectivity index (χ4v) is 2.71. The highest BCUT2D eigenvalue weighted by Crippen LogP contribution is 2.16. The molecule has 0 saturated carbocycles. The van der Waals surface area contributed by atoms with E-state index >= 15 is 0 Å². The van der Waals surface area contributed by atoms with Gasteiger partial charge >= 0.3 is 5.97 Å². The van der Waals surface area contributed by atoms with Gasteiger partial charge in [-0.2, -0.15) is 0 Å². The summed E-state index contributed by atoms with van der Waals surface area (Å²) in [5, 5.41) is 2.81. The maximum Gasteiger partial charge on any atom is 0.374 e. The molecule has 0 fully saturated rings. The van der Waals surface area contributed by atoms with Gasteiger partial charge in [0.2, 0.25) is 5.76 Å². The zero-order valence-corrected chi connectivity index (χ0v) is 16.1. The normalized spacial score (nSPS) is 12.0. The van der Waals surface area contributed by atoms with Crippen LogP contribution in [0.25, 0.3) is 0 Å². The molecule has 0 spiro atoms. The standard InChI is InChI=1S/C19H22BrNO4/c1-12(2)10-14-4-6-15(7-5-14)13(3)21-18(22)11-24-19(23)16-8-9-17(20)25-16/h4-9,12-13H,10-11H2,1-3H3,(H,21,22)/t13-/m1/s1. The van der Waals surface area contributed by atoms with Gasteiger partial charge in [0.25, 0.3) is 5.91 Å². The first-order valence-corrected chi connectivity index (χ1v) is 8.95. The second-order valence-electron chi connectivity index (χ2n) is 6.31. The van der Waals surface area contributed by atoms with Crippen LogP contribution in [0.4, 0.5) is 0 Å². The van der Waals surface area contributed by atoms with Crippen LogP contribution in [0.1, 0.15) is 48.5 Å². The lowest BCUT2D eigenvalue weighted by Gasteiger charge is -2.15. The van der Waals surface area contributed by atoms with Gasteiger partial charge in [0.1, 0.15) is 0 Å². The van der Waals surface area contributed by atoms with Crippen molar-refractivity contribution in [3.63, 3.8) is 0 Å². The van der Waals surface area contributed by atoms with Crippen LogP contribution < -0.4 is 5.32 Å². The highest BCUT2D eigenvalue weighted by molar-refractivity contribution is 9.10. The Morgan fingerprint density at radius 2 is 1.80 bits per heavy atom. The van der Waals surface area contributed by atoms with Crippen molar-refractivity contribution in [3.05, 3.63) is 58.0 Å². The van der Waals surface area contributed by atoms with E-state index in [9.17, 15) is 9.59 Å². The van der Waals surface area contributed by atoms with E-state index in [0.29, 0.717) is 10.6 Å². The molecule has 1 N–H and O–H groups in total. The fourth-order valence-electron chi connectivity index (χ4n) is 2.41. The first-order valence-electron chi connectivity index (χ1n) is 8.16. The van der Waals surface area contributed by atoms with E-state index in [2.05, 4.69) is 47.2 Å². The van der Waals surface area contributed by atoms with Gasteiger partial charge < -0.3 is 14.5 Å². The van der Waals surface area contributed by atoms with Gasteiger partial charge in [-0.25, -0.2) is 4.79 Å². The molecule has 0 bridgehead atoms. The number of rotatable bonds is 7. The lowest BCUT2D eigenvalue weighted by molar-refractivity contribution is -0.124. The van der Waals surface area contributed by atoms with Crippen LogP contribution in [0.2, 0.25) is 0 Å². The molecule has 1 heterocycles. The third kappa shape index (κ3) is 6.05. The number of carbonyl (C=O) groups excluding carboxylic acids is 2. The van der Waals surface area contributed by atoms with Gasteiger partial charge in [-0.1, -0.05) is 38.1 Å². The molecule has 5 nitrogen and oxygen atoms in total. The molecule has 1 aromatic carbocycles. The molecule has 0 aliphatic carbocycles. The molecule has 0 unspecified atom stereocenters. The van der Waals surface area contributed by atoms with Gasteiger partial charge in [0.15, 0.2) is 11.3 Å². The molecule has 2 rings (SSSR count). The fraction of sp³-hybridized carbons (Fsp3) is 0.368. The lowest BCUT2D eigenvalue weighted by atomic mass is 10.00. The molecular weight excluding hydrogens is 386 g/mol. The van der Waals surface area contributed by atoms with Gasteiger partial charge in [-0.05, 0) is 58.5 Å². The number of halogens is 1. The average Bonchev–Trinajstić information content (AvgIpc) is 2.99. The summed E-state index contributed by atoms with van der Waals surface area (Å²) in [7, 11) is 0. The maximum atomic E-state index is 12.0. The monoisotopic (exact) mass is 407 g/mol. The summed E-state index contributed by atoms with van der Waals surface area (Å²) in [5.74, 6) is -0.384. The van der Waals surface area contributed by atoms with E-state index < -0.39 is 5.97 Å². The third-order valence-electron chi connectivity index (χ3n) is 3.61. The molecule has 1 aromatic heterocycles. The number of benzene rings is 1. The predicted octanol–water partition coefficient (Wildman–Crippen LogP) is 4.27. The van der Waals surface area contributed by atoms with Crippen molar-refractivity contribution in [3.8, 4) is 0 Å². The van der Waals surface area contributed by atoms with Gasteiger partial charge in [0.05, 0.1) is 6.04 Å². The highest BCUT2D eigenvalue weighted by atomic mass is 79.9. The number of nitrogens with one attached hydrogen (secondary N) is 1. The van der Waals surface area contributed by atoms with Crippen LogP contribution in [-0.2, 0) is 16.0 Å². The van der Waals surface area contributed by atoms with Crippen LogP contribution in [0.5, 0.6) is 0 Å². The highest BCUT2D eigenvalue weighted by Gasteiger charge is 2.15. The van der Waals surface area contributed by atoms with Crippen LogP contribution in [0, 0.1) is 5.92 Å². The second kappa shape index (κ2) is 8.85. The van der Waals surface area contributed by atoms with Crippen molar-refractivity contribution in [1.82, 2.24) is 5.32 Å². The number of hydrogen-bond donors (Lipinski definition) is 1. The van der Waals surface area contributed by atoms with Crippen molar-refractivity contribution in [2.45, 2.75) is 33.2 Å². The molecule has 1 atom stereocenters. The zero-order chi connectivity index (χ0) is 18.4. The third-order valence-corrected chi connectivity index (χ3v) is 4.04. The van der Waals surface area contributed by atoms with E-state index in [1.165, 1.54) is 11.6 Å². The van der Waals surface area contributed by atoms with Crippen molar-refractivity contribution in [2.75, 3.05) is 6.61 Å². The Morgan fingerprint density at radius 1 is 1.12 bits per heavy atom. The van der Waals surface area contributed by atoms with Crippen molar-refractivity contribution in [2.24, 2.45) is 5.92 Å². The second-order valence-corrected chi connectivity index (χ2v) is 7.09. The Labute approximate surface area is 155 Å². The maximum absolute atomic E-state index is 12.0. The van der Waals surface area contributed by atoms with Gasteiger partial charge in [-0.15, -0.1) is 0 Å². The first kappa shape index (κ1) is 19.2. The molecule has 0 saturated heterocycles. The summed E-state index contributed by atoms with van der Waals surface area (Å²) in [6.45, 7) is 5.90. The Kier molecular flexibility index (Phi) is 6.82. The Hall–Kier alpha value is -2.08. The van der Waals surface area contributed by atoms with E-state index in [1.54, 1.807) is 6.07 Å². The Balaban J connectivity index is 1.82.